The Bertz CT molecular complexity index is 721. The van der Waals surface area contributed by atoms with Crippen molar-refractivity contribution in [3.63, 3.8) is 0 Å². The predicted octanol–water partition coefficient (Wildman–Crippen LogP) is 0.387. The Morgan fingerprint density at radius 3 is 2.60 bits per heavy atom. The molecule has 8 heteroatoms. The van der Waals surface area contributed by atoms with Crippen LogP contribution in [0.25, 0.3) is 0 Å². The molecule has 2 aliphatic heterocycles. The number of aliphatic hydroxyl groups is 1. The van der Waals surface area contributed by atoms with Gasteiger partial charge >= 0.3 is 0 Å². The van der Waals surface area contributed by atoms with Crippen molar-refractivity contribution in [3.05, 3.63) is 48.0 Å². The molecular weight excluding hydrogens is 386 g/mol. The molecule has 1 aromatic carbocycles. The summed E-state index contributed by atoms with van der Waals surface area (Å²) in [4.78, 5) is 26.8. The van der Waals surface area contributed by atoms with Gasteiger partial charge in [-0.15, -0.1) is 0 Å². The van der Waals surface area contributed by atoms with E-state index in [0.29, 0.717) is 13.2 Å². The lowest BCUT2D eigenvalue weighted by atomic mass is 10.0. The van der Waals surface area contributed by atoms with Gasteiger partial charge in [-0.2, -0.15) is 0 Å². The predicted molar refractivity (Wildman–Crippen MR) is 112 cm³/mol. The minimum Gasteiger partial charge on any atom is -0.394 e. The first kappa shape index (κ1) is 22.4. The van der Waals surface area contributed by atoms with Gasteiger partial charge in [0.15, 0.2) is 0 Å². The number of amides is 2. The Balaban J connectivity index is 1.47. The quantitative estimate of drug-likeness (QED) is 0.529. The largest absolute Gasteiger partial charge is 0.394 e. The van der Waals surface area contributed by atoms with Crippen LogP contribution in [0.2, 0.25) is 0 Å². The lowest BCUT2D eigenvalue weighted by Crippen LogP contribution is -2.52. The van der Waals surface area contributed by atoms with Gasteiger partial charge in [0.05, 0.1) is 51.0 Å². The van der Waals surface area contributed by atoms with Crippen molar-refractivity contribution in [1.82, 2.24) is 15.5 Å². The maximum Gasteiger partial charge on any atom is 0.234 e. The highest BCUT2D eigenvalue weighted by molar-refractivity contribution is 5.79. The Morgan fingerprint density at radius 2 is 1.90 bits per heavy atom. The van der Waals surface area contributed by atoms with Gasteiger partial charge < -0.3 is 25.2 Å². The normalized spacial score (nSPS) is 25.5. The molecule has 2 heterocycles. The van der Waals surface area contributed by atoms with E-state index in [2.05, 4.69) is 10.6 Å². The minimum absolute atomic E-state index is 0.105. The Labute approximate surface area is 177 Å². The zero-order valence-corrected chi connectivity index (χ0v) is 17.3. The zero-order valence-electron chi connectivity index (χ0n) is 17.3. The summed E-state index contributed by atoms with van der Waals surface area (Å²) < 4.78 is 11.1. The van der Waals surface area contributed by atoms with E-state index >= 15 is 0 Å². The molecule has 0 aromatic heterocycles. The Hall–Kier alpha value is -2.26. The number of rotatable bonds is 8. The van der Waals surface area contributed by atoms with E-state index in [1.54, 1.807) is 12.2 Å². The standard InChI is InChI=1S/C22H31N3O5/c1-16(17-5-3-2-4-6-17)23-21(27)13-18-7-8-19(20(15-26)30-18)24-22(28)14-25-9-11-29-12-10-25/h2-8,16,18-20,26H,9-15H2,1H3,(H,23,27)(H,24,28)/t16-,18-,19-,20+/m1/s1. The fourth-order valence-electron chi connectivity index (χ4n) is 3.64. The summed E-state index contributed by atoms with van der Waals surface area (Å²) in [5, 5.41) is 15.6. The van der Waals surface area contributed by atoms with Crippen LogP contribution in [0.4, 0.5) is 0 Å². The number of hydrogen-bond donors (Lipinski definition) is 3. The van der Waals surface area contributed by atoms with Crippen molar-refractivity contribution in [2.45, 2.75) is 37.6 Å². The molecule has 0 aliphatic carbocycles. The Kier molecular flexibility index (Phi) is 8.39. The van der Waals surface area contributed by atoms with Crippen LogP contribution >= 0.6 is 0 Å². The van der Waals surface area contributed by atoms with Crippen molar-refractivity contribution in [2.75, 3.05) is 39.5 Å². The molecule has 3 N–H and O–H groups in total. The summed E-state index contributed by atoms with van der Waals surface area (Å²) in [5.74, 6) is -0.256. The molecule has 4 atom stereocenters. The van der Waals surface area contributed by atoms with Crippen LogP contribution in [0.1, 0.15) is 24.9 Å². The summed E-state index contributed by atoms with van der Waals surface area (Å²) in [5.41, 5.74) is 1.03. The lowest BCUT2D eigenvalue weighted by Gasteiger charge is -2.33. The zero-order chi connectivity index (χ0) is 21.3. The highest BCUT2D eigenvalue weighted by Gasteiger charge is 2.29. The highest BCUT2D eigenvalue weighted by Crippen LogP contribution is 2.17. The summed E-state index contributed by atoms with van der Waals surface area (Å²) in [7, 11) is 0. The number of carbonyl (C=O) groups excluding carboxylic acids is 2. The van der Waals surface area contributed by atoms with Crippen LogP contribution in [-0.4, -0.2) is 79.5 Å². The van der Waals surface area contributed by atoms with E-state index < -0.39 is 18.2 Å². The SMILES string of the molecule is C[C@@H](NC(=O)C[C@H]1C=C[C@@H](NC(=O)CN2CCOCC2)[C@H](CO)O1)c1ccccc1. The van der Waals surface area contributed by atoms with Crippen molar-refractivity contribution in [3.8, 4) is 0 Å². The topological polar surface area (TPSA) is 100 Å². The van der Waals surface area contributed by atoms with Gasteiger partial charge in [-0.3, -0.25) is 14.5 Å². The smallest absolute Gasteiger partial charge is 0.234 e. The summed E-state index contributed by atoms with van der Waals surface area (Å²) >= 11 is 0. The van der Waals surface area contributed by atoms with E-state index in [4.69, 9.17) is 9.47 Å². The molecule has 8 nitrogen and oxygen atoms in total. The lowest BCUT2D eigenvalue weighted by molar-refractivity contribution is -0.129. The number of morpholine rings is 1. The number of benzene rings is 1. The van der Waals surface area contributed by atoms with Gasteiger partial charge in [-0.1, -0.05) is 42.5 Å². The fourth-order valence-corrected chi connectivity index (χ4v) is 3.64. The van der Waals surface area contributed by atoms with Crippen molar-refractivity contribution >= 4 is 11.8 Å². The molecule has 3 rings (SSSR count). The number of hydrogen-bond acceptors (Lipinski definition) is 6. The molecule has 30 heavy (non-hydrogen) atoms. The summed E-state index contributed by atoms with van der Waals surface area (Å²) in [6, 6.07) is 9.21. The number of ether oxygens (including phenoxy) is 2. The van der Waals surface area contributed by atoms with Crippen molar-refractivity contribution in [1.29, 1.82) is 0 Å². The molecule has 2 amide bonds. The minimum atomic E-state index is -0.590. The average Bonchev–Trinajstić information content (AvgIpc) is 2.76. The molecule has 164 valence electrons. The number of nitrogens with zero attached hydrogens (tertiary/aromatic N) is 1. The van der Waals surface area contributed by atoms with E-state index in [-0.39, 0.29) is 37.4 Å². The molecule has 0 radical (unpaired) electrons. The third-order valence-electron chi connectivity index (χ3n) is 5.33. The van der Waals surface area contributed by atoms with Crippen LogP contribution in [0, 0.1) is 0 Å². The average molecular weight is 418 g/mol. The van der Waals surface area contributed by atoms with E-state index in [1.807, 2.05) is 42.2 Å². The molecule has 0 unspecified atom stereocenters. The van der Waals surface area contributed by atoms with Crippen LogP contribution in [-0.2, 0) is 19.1 Å². The van der Waals surface area contributed by atoms with Crippen LogP contribution in [0.5, 0.6) is 0 Å². The third kappa shape index (κ3) is 6.63. The molecule has 0 saturated carbocycles. The third-order valence-corrected chi connectivity index (χ3v) is 5.33. The van der Waals surface area contributed by atoms with Gasteiger partial charge in [0.2, 0.25) is 11.8 Å². The number of nitrogens with one attached hydrogen (secondary N) is 2. The van der Waals surface area contributed by atoms with Crippen LogP contribution < -0.4 is 10.6 Å². The van der Waals surface area contributed by atoms with Crippen LogP contribution in [0.15, 0.2) is 42.5 Å². The summed E-state index contributed by atoms with van der Waals surface area (Å²) in [6.45, 7) is 4.69. The van der Waals surface area contributed by atoms with Gasteiger partial charge in [-0.25, -0.2) is 0 Å². The van der Waals surface area contributed by atoms with Gasteiger partial charge in [0.1, 0.15) is 6.10 Å². The van der Waals surface area contributed by atoms with Gasteiger partial charge in [-0.05, 0) is 12.5 Å². The first-order chi connectivity index (χ1) is 14.5. The number of carbonyl (C=O) groups is 2. The molecule has 0 spiro atoms. The first-order valence-corrected chi connectivity index (χ1v) is 10.4. The molecule has 1 fully saturated rings. The molecule has 1 saturated heterocycles. The summed E-state index contributed by atoms with van der Waals surface area (Å²) in [6.07, 6.45) is 2.70. The maximum absolute atomic E-state index is 12.4. The highest BCUT2D eigenvalue weighted by atomic mass is 16.5. The van der Waals surface area contributed by atoms with E-state index in [1.165, 1.54) is 0 Å². The van der Waals surface area contributed by atoms with Gasteiger partial charge in [0, 0.05) is 13.1 Å². The second-order valence-electron chi connectivity index (χ2n) is 7.67. The fraction of sp³-hybridized carbons (Fsp3) is 0.545. The van der Waals surface area contributed by atoms with E-state index in [9.17, 15) is 14.7 Å². The van der Waals surface area contributed by atoms with E-state index in [0.717, 1.165) is 18.7 Å². The molecular formula is C22H31N3O5. The Morgan fingerprint density at radius 1 is 1.17 bits per heavy atom. The first-order valence-electron chi connectivity index (χ1n) is 10.4. The van der Waals surface area contributed by atoms with Crippen molar-refractivity contribution in [2.24, 2.45) is 0 Å². The molecule has 2 aliphatic rings. The van der Waals surface area contributed by atoms with Crippen molar-refractivity contribution < 1.29 is 24.2 Å². The molecule has 0 bridgehead atoms. The maximum atomic E-state index is 12.4. The van der Waals surface area contributed by atoms with Crippen LogP contribution in [0.3, 0.4) is 0 Å². The number of aliphatic hydroxyl groups excluding tert-OH is 1. The monoisotopic (exact) mass is 417 g/mol. The molecule has 1 aromatic rings. The second-order valence-corrected chi connectivity index (χ2v) is 7.67. The van der Waals surface area contributed by atoms with Gasteiger partial charge in [0.25, 0.3) is 0 Å². The second kappa shape index (κ2) is 11.2.